The number of nitrogens with zero attached hydrogens (tertiary/aromatic N) is 3. The molecule has 26 heavy (non-hydrogen) atoms. The summed E-state index contributed by atoms with van der Waals surface area (Å²) in [6, 6.07) is 10.7. The molecular weight excluding hydrogens is 373 g/mol. The van der Waals surface area contributed by atoms with Gasteiger partial charge in [0.1, 0.15) is 5.82 Å². The molecule has 3 rings (SSSR count). The number of rotatable bonds is 7. The highest BCUT2D eigenvalue weighted by Crippen LogP contribution is 2.29. The van der Waals surface area contributed by atoms with Crippen molar-refractivity contribution in [1.82, 2.24) is 15.0 Å². The van der Waals surface area contributed by atoms with E-state index in [1.165, 1.54) is 0 Å². The van der Waals surface area contributed by atoms with E-state index in [1.54, 1.807) is 30.6 Å². The predicted octanol–water partition coefficient (Wildman–Crippen LogP) is 4.38. The monoisotopic (exact) mass is 389 g/mol. The number of benzene rings is 1. The molecule has 0 unspecified atom stereocenters. The average molecular weight is 390 g/mol. The summed E-state index contributed by atoms with van der Waals surface area (Å²) in [4.78, 5) is 13.0. The van der Waals surface area contributed by atoms with Crippen LogP contribution in [0.4, 0.5) is 17.5 Å². The van der Waals surface area contributed by atoms with Gasteiger partial charge in [-0.1, -0.05) is 23.2 Å². The Morgan fingerprint density at radius 1 is 1.00 bits per heavy atom. The second kappa shape index (κ2) is 8.80. The Bertz CT molecular complexity index is 877. The highest BCUT2D eigenvalue weighted by Gasteiger charge is 2.09. The molecule has 2 aromatic heterocycles. The third kappa shape index (κ3) is 4.82. The maximum absolute atomic E-state index is 8.96. The Morgan fingerprint density at radius 3 is 2.58 bits per heavy atom. The normalized spacial score (nSPS) is 10.6. The van der Waals surface area contributed by atoms with Crippen molar-refractivity contribution in [3.8, 4) is 11.3 Å². The quantitative estimate of drug-likeness (QED) is 0.520. The molecule has 0 aliphatic heterocycles. The molecule has 1 aromatic carbocycles. The Labute approximate surface area is 161 Å². The number of aromatic nitrogens is 3. The molecule has 2 heterocycles. The first kappa shape index (κ1) is 18.4. The van der Waals surface area contributed by atoms with E-state index in [1.807, 2.05) is 18.2 Å². The minimum absolute atomic E-state index is 0.0975. The van der Waals surface area contributed by atoms with Crippen LogP contribution in [0.3, 0.4) is 0 Å². The highest BCUT2D eigenvalue weighted by molar-refractivity contribution is 6.35. The second-order valence-electron chi connectivity index (χ2n) is 5.45. The minimum Gasteiger partial charge on any atom is -0.396 e. The van der Waals surface area contributed by atoms with Crippen molar-refractivity contribution >= 4 is 40.7 Å². The van der Waals surface area contributed by atoms with Crippen LogP contribution >= 0.6 is 23.2 Å². The summed E-state index contributed by atoms with van der Waals surface area (Å²) in [5.74, 6) is 1.02. The summed E-state index contributed by atoms with van der Waals surface area (Å²) in [5.41, 5.74) is 2.29. The lowest BCUT2D eigenvalue weighted by atomic mass is 10.2. The van der Waals surface area contributed by atoms with Crippen LogP contribution in [-0.2, 0) is 0 Å². The first-order valence-electron chi connectivity index (χ1n) is 8.02. The van der Waals surface area contributed by atoms with Gasteiger partial charge in [0.25, 0.3) is 0 Å². The van der Waals surface area contributed by atoms with Gasteiger partial charge in [-0.25, -0.2) is 4.98 Å². The standard InChI is InChI=1S/C18H17Cl2N5O/c19-13-2-3-14(20)16(10-13)23-17-11-15(12-4-7-21-8-5-12)24-18(25-17)22-6-1-9-26/h2-5,7-8,10-11,26H,1,6,9H2,(H2,22,23,24,25). The fraction of sp³-hybridized carbons (Fsp3) is 0.167. The van der Waals surface area contributed by atoms with Crippen molar-refractivity contribution in [1.29, 1.82) is 0 Å². The lowest BCUT2D eigenvalue weighted by molar-refractivity contribution is 0.292. The van der Waals surface area contributed by atoms with Gasteiger partial charge < -0.3 is 15.7 Å². The Hall–Kier alpha value is -2.41. The van der Waals surface area contributed by atoms with Crippen LogP contribution in [-0.4, -0.2) is 33.2 Å². The van der Waals surface area contributed by atoms with E-state index in [-0.39, 0.29) is 6.61 Å². The van der Waals surface area contributed by atoms with Gasteiger partial charge in [0.2, 0.25) is 5.95 Å². The third-order valence-electron chi connectivity index (χ3n) is 3.51. The number of aliphatic hydroxyl groups is 1. The topological polar surface area (TPSA) is 83.0 Å². The maximum Gasteiger partial charge on any atom is 0.225 e. The largest absolute Gasteiger partial charge is 0.396 e. The number of hydrogen-bond donors (Lipinski definition) is 3. The molecular formula is C18H17Cl2N5O. The van der Waals surface area contributed by atoms with E-state index in [0.29, 0.717) is 40.5 Å². The maximum atomic E-state index is 8.96. The predicted molar refractivity (Wildman–Crippen MR) is 105 cm³/mol. The summed E-state index contributed by atoms with van der Waals surface area (Å²) in [7, 11) is 0. The molecule has 0 fully saturated rings. The molecule has 8 heteroatoms. The number of nitrogens with one attached hydrogen (secondary N) is 2. The van der Waals surface area contributed by atoms with Crippen LogP contribution in [0.1, 0.15) is 6.42 Å². The van der Waals surface area contributed by atoms with Crippen molar-refractivity contribution in [2.75, 3.05) is 23.8 Å². The Kier molecular flexibility index (Phi) is 6.22. The van der Waals surface area contributed by atoms with Crippen molar-refractivity contribution in [2.45, 2.75) is 6.42 Å². The first-order chi connectivity index (χ1) is 12.7. The molecule has 0 saturated heterocycles. The summed E-state index contributed by atoms with van der Waals surface area (Å²) >= 11 is 12.3. The number of anilines is 3. The summed E-state index contributed by atoms with van der Waals surface area (Å²) in [6.45, 7) is 0.661. The smallest absolute Gasteiger partial charge is 0.225 e. The molecule has 0 radical (unpaired) electrons. The minimum atomic E-state index is 0.0975. The van der Waals surface area contributed by atoms with E-state index in [0.717, 1.165) is 11.3 Å². The fourth-order valence-electron chi connectivity index (χ4n) is 2.27. The van der Waals surface area contributed by atoms with E-state index >= 15 is 0 Å². The summed E-state index contributed by atoms with van der Waals surface area (Å²) in [5, 5.41) is 16.4. The van der Waals surface area contributed by atoms with Crippen molar-refractivity contribution in [3.05, 3.63) is 58.8 Å². The lowest BCUT2D eigenvalue weighted by Gasteiger charge is -2.12. The van der Waals surface area contributed by atoms with Crippen LogP contribution in [0.5, 0.6) is 0 Å². The van der Waals surface area contributed by atoms with Crippen LogP contribution < -0.4 is 10.6 Å². The van der Waals surface area contributed by atoms with Crippen LogP contribution in [0, 0.1) is 0 Å². The SMILES string of the molecule is OCCCNc1nc(Nc2cc(Cl)ccc2Cl)cc(-c2ccncc2)n1. The van der Waals surface area contributed by atoms with E-state index in [2.05, 4.69) is 25.6 Å². The summed E-state index contributed by atoms with van der Waals surface area (Å²) in [6.07, 6.45) is 4.01. The van der Waals surface area contributed by atoms with E-state index in [9.17, 15) is 0 Å². The zero-order valence-electron chi connectivity index (χ0n) is 13.8. The van der Waals surface area contributed by atoms with Crippen LogP contribution in [0.2, 0.25) is 10.0 Å². The molecule has 0 aliphatic rings. The number of hydrogen-bond acceptors (Lipinski definition) is 6. The fourth-order valence-corrected chi connectivity index (χ4v) is 2.61. The van der Waals surface area contributed by atoms with Crippen molar-refractivity contribution in [3.63, 3.8) is 0 Å². The van der Waals surface area contributed by atoms with Gasteiger partial charge in [0.15, 0.2) is 0 Å². The molecule has 0 bridgehead atoms. The van der Waals surface area contributed by atoms with E-state index < -0.39 is 0 Å². The van der Waals surface area contributed by atoms with Crippen molar-refractivity contribution < 1.29 is 5.11 Å². The van der Waals surface area contributed by atoms with Gasteiger partial charge in [-0.2, -0.15) is 4.98 Å². The molecule has 0 atom stereocenters. The molecule has 0 saturated carbocycles. The third-order valence-corrected chi connectivity index (χ3v) is 4.08. The van der Waals surface area contributed by atoms with Gasteiger partial charge >= 0.3 is 0 Å². The zero-order chi connectivity index (χ0) is 18.4. The second-order valence-corrected chi connectivity index (χ2v) is 6.29. The van der Waals surface area contributed by atoms with Crippen LogP contribution in [0.25, 0.3) is 11.3 Å². The van der Waals surface area contributed by atoms with Crippen LogP contribution in [0.15, 0.2) is 48.8 Å². The van der Waals surface area contributed by atoms with Gasteiger partial charge in [-0.15, -0.1) is 0 Å². The molecule has 6 nitrogen and oxygen atoms in total. The van der Waals surface area contributed by atoms with Gasteiger partial charge in [0, 0.05) is 42.2 Å². The van der Waals surface area contributed by atoms with Gasteiger partial charge in [-0.05, 0) is 36.8 Å². The summed E-state index contributed by atoms with van der Waals surface area (Å²) < 4.78 is 0. The first-order valence-corrected chi connectivity index (χ1v) is 8.77. The molecule has 134 valence electrons. The lowest BCUT2D eigenvalue weighted by Crippen LogP contribution is -2.08. The number of aliphatic hydroxyl groups excluding tert-OH is 1. The average Bonchev–Trinajstić information content (AvgIpc) is 2.65. The molecule has 3 aromatic rings. The Balaban J connectivity index is 1.95. The number of pyridine rings is 1. The van der Waals surface area contributed by atoms with Gasteiger partial charge in [0.05, 0.1) is 16.4 Å². The molecule has 0 amide bonds. The van der Waals surface area contributed by atoms with E-state index in [4.69, 9.17) is 28.3 Å². The van der Waals surface area contributed by atoms with Gasteiger partial charge in [-0.3, -0.25) is 4.98 Å². The highest BCUT2D eigenvalue weighted by atomic mass is 35.5. The molecule has 3 N–H and O–H groups in total. The molecule has 0 spiro atoms. The molecule has 0 aliphatic carbocycles. The Morgan fingerprint density at radius 2 is 1.81 bits per heavy atom. The zero-order valence-corrected chi connectivity index (χ0v) is 15.3. The van der Waals surface area contributed by atoms with Crippen molar-refractivity contribution in [2.24, 2.45) is 0 Å². The number of halogens is 2.